The number of Topliss-reactive ketones (excluding diaryl/α,β-unsaturated/α-hetero) is 1. The first kappa shape index (κ1) is 24.1. The van der Waals surface area contributed by atoms with Crippen LogP contribution in [0.1, 0.15) is 43.0 Å². The Bertz CT molecular complexity index is 1060. The quantitative estimate of drug-likeness (QED) is 0.203. The fraction of sp³-hybridized carbons (Fsp3) is 0.360. The summed E-state index contributed by atoms with van der Waals surface area (Å²) >= 11 is 0. The van der Waals surface area contributed by atoms with Gasteiger partial charge in [0, 0.05) is 24.2 Å². The number of aryl methyl sites for hydroxylation is 1. The highest BCUT2D eigenvalue weighted by Gasteiger charge is 2.45. The van der Waals surface area contributed by atoms with Crippen LogP contribution in [0.4, 0.5) is 5.69 Å². The second-order valence-electron chi connectivity index (χ2n) is 8.09. The van der Waals surface area contributed by atoms with Gasteiger partial charge in [0.05, 0.1) is 16.5 Å². The molecule has 1 N–H and O–H groups in total. The molecule has 3 rings (SSSR count). The van der Waals surface area contributed by atoms with Crippen molar-refractivity contribution >= 4 is 23.1 Å². The number of hydrogen-bond donors (Lipinski definition) is 1. The van der Waals surface area contributed by atoms with Crippen molar-refractivity contribution in [3.8, 4) is 0 Å². The molecule has 1 aliphatic heterocycles. The Balaban J connectivity index is 2.03. The number of aliphatic hydroxyl groups excluding tert-OH is 1. The maximum atomic E-state index is 13.0. The molecule has 0 bridgehead atoms. The number of nitrogens with zero attached hydrogens (tertiary/aromatic N) is 3. The van der Waals surface area contributed by atoms with Crippen LogP contribution in [-0.2, 0) is 9.59 Å². The van der Waals surface area contributed by atoms with E-state index in [1.54, 1.807) is 12.1 Å². The van der Waals surface area contributed by atoms with Crippen LogP contribution < -0.4 is 0 Å². The van der Waals surface area contributed by atoms with Crippen molar-refractivity contribution in [2.75, 3.05) is 26.2 Å². The summed E-state index contributed by atoms with van der Waals surface area (Å²) in [6, 6.07) is 12.0. The molecule has 0 radical (unpaired) electrons. The van der Waals surface area contributed by atoms with Crippen LogP contribution in [-0.4, -0.2) is 57.7 Å². The number of nitro benzene ring substituents is 1. The van der Waals surface area contributed by atoms with Crippen LogP contribution in [0, 0.1) is 17.0 Å². The van der Waals surface area contributed by atoms with Crippen molar-refractivity contribution in [3.05, 3.63) is 80.9 Å². The van der Waals surface area contributed by atoms with Crippen molar-refractivity contribution in [2.45, 2.75) is 33.2 Å². The molecule has 1 saturated heterocycles. The van der Waals surface area contributed by atoms with Crippen LogP contribution >= 0.6 is 0 Å². The van der Waals surface area contributed by atoms with E-state index in [9.17, 15) is 24.8 Å². The third-order valence-electron chi connectivity index (χ3n) is 6.05. The minimum Gasteiger partial charge on any atom is -0.507 e. The molecule has 8 heteroatoms. The first-order chi connectivity index (χ1) is 15.8. The molecule has 0 spiro atoms. The average molecular weight is 452 g/mol. The van der Waals surface area contributed by atoms with Gasteiger partial charge in [-0.3, -0.25) is 19.7 Å². The molecule has 1 atom stereocenters. The third kappa shape index (κ3) is 5.12. The monoisotopic (exact) mass is 451 g/mol. The van der Waals surface area contributed by atoms with Gasteiger partial charge in [-0.2, -0.15) is 0 Å². The summed E-state index contributed by atoms with van der Waals surface area (Å²) in [6.45, 7) is 8.90. The number of nitro groups is 1. The van der Waals surface area contributed by atoms with Gasteiger partial charge in [0.25, 0.3) is 17.4 Å². The van der Waals surface area contributed by atoms with Crippen LogP contribution in [0.15, 0.2) is 54.1 Å². The Morgan fingerprint density at radius 3 is 2.21 bits per heavy atom. The summed E-state index contributed by atoms with van der Waals surface area (Å²) < 4.78 is 0. The second kappa shape index (κ2) is 10.4. The smallest absolute Gasteiger partial charge is 0.295 e. The Kier molecular flexibility index (Phi) is 7.60. The number of carbonyl (C=O) groups excluding carboxylic acids is 2. The summed E-state index contributed by atoms with van der Waals surface area (Å²) in [4.78, 5) is 40.3. The number of hydrogen-bond acceptors (Lipinski definition) is 6. The lowest BCUT2D eigenvalue weighted by Crippen LogP contribution is -2.33. The van der Waals surface area contributed by atoms with Crippen molar-refractivity contribution < 1.29 is 19.6 Å². The molecule has 1 heterocycles. The second-order valence-corrected chi connectivity index (χ2v) is 8.09. The molecule has 1 unspecified atom stereocenters. The highest BCUT2D eigenvalue weighted by molar-refractivity contribution is 6.46. The van der Waals surface area contributed by atoms with Gasteiger partial charge < -0.3 is 14.9 Å². The van der Waals surface area contributed by atoms with E-state index in [1.807, 2.05) is 19.1 Å². The lowest BCUT2D eigenvalue weighted by molar-refractivity contribution is -0.384. The summed E-state index contributed by atoms with van der Waals surface area (Å²) in [6.07, 6.45) is 0.656. The number of carbonyl (C=O) groups is 2. The molecule has 8 nitrogen and oxygen atoms in total. The first-order valence-corrected chi connectivity index (χ1v) is 11.1. The van der Waals surface area contributed by atoms with Gasteiger partial charge in [-0.05, 0) is 50.7 Å². The van der Waals surface area contributed by atoms with Crippen LogP contribution in [0.2, 0.25) is 0 Å². The number of non-ortho nitro benzene ring substituents is 1. The fourth-order valence-corrected chi connectivity index (χ4v) is 4.11. The van der Waals surface area contributed by atoms with Crippen molar-refractivity contribution in [1.29, 1.82) is 0 Å². The van der Waals surface area contributed by atoms with Gasteiger partial charge in [0.1, 0.15) is 5.76 Å². The van der Waals surface area contributed by atoms with E-state index < -0.39 is 22.7 Å². The van der Waals surface area contributed by atoms with Gasteiger partial charge in [-0.25, -0.2) is 0 Å². The molecule has 0 aliphatic carbocycles. The van der Waals surface area contributed by atoms with E-state index in [0.29, 0.717) is 24.1 Å². The molecular formula is C25H29N3O5. The van der Waals surface area contributed by atoms with Gasteiger partial charge in [-0.1, -0.05) is 43.7 Å². The van der Waals surface area contributed by atoms with Crippen LogP contribution in [0.25, 0.3) is 5.76 Å². The SMILES string of the molecule is CCN(CC)CCCN1C(=O)C(=O)/C(=C(/O)c2ccc(C)cc2)C1c1ccc([N+](=O)[O-])cc1. The van der Waals surface area contributed by atoms with Gasteiger partial charge in [0.2, 0.25) is 0 Å². The van der Waals surface area contributed by atoms with Gasteiger partial charge >= 0.3 is 0 Å². The zero-order valence-corrected chi connectivity index (χ0v) is 19.2. The zero-order valence-electron chi connectivity index (χ0n) is 19.2. The third-order valence-corrected chi connectivity index (χ3v) is 6.05. The predicted molar refractivity (Wildman–Crippen MR) is 126 cm³/mol. The molecule has 0 saturated carbocycles. The van der Waals surface area contributed by atoms with Crippen molar-refractivity contribution in [3.63, 3.8) is 0 Å². The molecule has 33 heavy (non-hydrogen) atoms. The molecular weight excluding hydrogens is 422 g/mol. The number of ketones is 1. The predicted octanol–water partition coefficient (Wildman–Crippen LogP) is 4.06. The molecule has 2 aromatic carbocycles. The summed E-state index contributed by atoms with van der Waals surface area (Å²) in [7, 11) is 0. The topological polar surface area (TPSA) is 104 Å². The Hall–Kier alpha value is -3.52. The fourth-order valence-electron chi connectivity index (χ4n) is 4.11. The lowest BCUT2D eigenvalue weighted by atomic mass is 9.95. The lowest BCUT2D eigenvalue weighted by Gasteiger charge is -2.26. The molecule has 1 amide bonds. The zero-order chi connectivity index (χ0) is 24.1. The molecule has 1 fully saturated rings. The Morgan fingerprint density at radius 2 is 1.67 bits per heavy atom. The standard InChI is InChI=1S/C25H29N3O5/c1-4-26(5-2)15-6-16-27-22(18-11-13-20(14-12-18)28(32)33)21(24(30)25(27)31)23(29)19-9-7-17(3)8-10-19/h7-14,22,29H,4-6,15-16H2,1-3H3/b23-21+. The van der Waals surface area contributed by atoms with Crippen molar-refractivity contribution in [1.82, 2.24) is 9.80 Å². The maximum Gasteiger partial charge on any atom is 0.295 e. The number of rotatable bonds is 9. The van der Waals surface area contributed by atoms with Crippen molar-refractivity contribution in [2.24, 2.45) is 0 Å². The van der Waals surface area contributed by atoms with E-state index in [-0.39, 0.29) is 17.0 Å². The van der Waals surface area contributed by atoms with E-state index in [2.05, 4.69) is 18.7 Å². The number of likely N-dealkylation sites (tertiary alicyclic amines) is 1. The van der Waals surface area contributed by atoms with Gasteiger partial charge in [0.15, 0.2) is 0 Å². The van der Waals surface area contributed by atoms with Gasteiger partial charge in [-0.15, -0.1) is 0 Å². The molecule has 2 aromatic rings. The Morgan fingerprint density at radius 1 is 1.06 bits per heavy atom. The number of amides is 1. The van der Waals surface area contributed by atoms with E-state index >= 15 is 0 Å². The van der Waals surface area contributed by atoms with E-state index in [1.165, 1.54) is 29.2 Å². The van der Waals surface area contributed by atoms with E-state index in [0.717, 1.165) is 25.2 Å². The number of benzene rings is 2. The highest BCUT2D eigenvalue weighted by atomic mass is 16.6. The summed E-state index contributed by atoms with van der Waals surface area (Å²) in [5.41, 5.74) is 1.89. The highest BCUT2D eigenvalue weighted by Crippen LogP contribution is 2.39. The van der Waals surface area contributed by atoms with Crippen LogP contribution in [0.3, 0.4) is 0 Å². The Labute approximate surface area is 193 Å². The van der Waals surface area contributed by atoms with E-state index in [4.69, 9.17) is 0 Å². The average Bonchev–Trinajstić information content (AvgIpc) is 3.07. The summed E-state index contributed by atoms with van der Waals surface area (Å²) in [5.74, 6) is -1.67. The molecule has 1 aliphatic rings. The summed E-state index contributed by atoms with van der Waals surface area (Å²) in [5, 5.41) is 22.1. The normalized spacial score (nSPS) is 17.7. The molecule has 174 valence electrons. The number of aliphatic hydroxyl groups is 1. The maximum absolute atomic E-state index is 13.0. The minimum atomic E-state index is -0.816. The largest absolute Gasteiger partial charge is 0.507 e. The molecule has 0 aromatic heterocycles. The first-order valence-electron chi connectivity index (χ1n) is 11.1. The minimum absolute atomic E-state index is 0.000505. The van der Waals surface area contributed by atoms with Crippen LogP contribution in [0.5, 0.6) is 0 Å².